The van der Waals surface area contributed by atoms with E-state index in [2.05, 4.69) is 10.3 Å². The van der Waals surface area contributed by atoms with Crippen molar-refractivity contribution in [1.82, 2.24) is 14.2 Å². The highest BCUT2D eigenvalue weighted by Crippen LogP contribution is 2.24. The van der Waals surface area contributed by atoms with E-state index in [-0.39, 0.29) is 10.9 Å². The van der Waals surface area contributed by atoms with Gasteiger partial charge in [0.1, 0.15) is 4.90 Å². The van der Waals surface area contributed by atoms with Crippen LogP contribution >= 0.6 is 0 Å². The first-order valence-electron chi connectivity index (χ1n) is 6.62. The van der Waals surface area contributed by atoms with Crippen molar-refractivity contribution in [2.75, 3.05) is 39.5 Å². The van der Waals surface area contributed by atoms with Gasteiger partial charge in [-0.25, -0.2) is 8.42 Å². The van der Waals surface area contributed by atoms with E-state index in [0.29, 0.717) is 18.8 Å². The van der Waals surface area contributed by atoms with E-state index < -0.39 is 10.0 Å². The smallest absolute Gasteiger partial charge is 0.246 e. The molecule has 0 amide bonds. The minimum absolute atomic E-state index is 0.107. The molecule has 1 atom stereocenters. The second-order valence-electron chi connectivity index (χ2n) is 4.94. The Morgan fingerprint density at radius 3 is 2.55 bits per heavy atom. The number of nitrogens with one attached hydrogen (secondary N) is 1. The number of hydrogen-bond donors (Lipinski definition) is 1. The van der Waals surface area contributed by atoms with Gasteiger partial charge in [0.05, 0.1) is 5.69 Å². The van der Waals surface area contributed by atoms with Crippen molar-refractivity contribution in [2.45, 2.75) is 24.8 Å². The zero-order chi connectivity index (χ0) is 15.3. The van der Waals surface area contributed by atoms with Crippen molar-refractivity contribution < 1.29 is 8.42 Å². The largest absolute Gasteiger partial charge is 0.387 e. The summed E-state index contributed by atoms with van der Waals surface area (Å²) >= 11 is 0. The molecule has 1 rings (SSSR count). The summed E-state index contributed by atoms with van der Waals surface area (Å²) in [5.41, 5.74) is 0.565. The van der Waals surface area contributed by atoms with Crippen LogP contribution in [0.25, 0.3) is 0 Å². The van der Waals surface area contributed by atoms with Crippen molar-refractivity contribution in [3.8, 4) is 0 Å². The fraction of sp³-hybridized carbons (Fsp3) is 0.615. The summed E-state index contributed by atoms with van der Waals surface area (Å²) in [7, 11) is 2.01. The number of anilines is 1. The van der Waals surface area contributed by atoms with Gasteiger partial charge in [-0.15, -0.1) is 0 Å². The van der Waals surface area contributed by atoms with E-state index in [9.17, 15) is 8.42 Å². The molecule has 7 heteroatoms. The van der Waals surface area contributed by atoms with Crippen molar-refractivity contribution in [3.05, 3.63) is 18.5 Å². The number of rotatable bonds is 7. The van der Waals surface area contributed by atoms with Crippen molar-refractivity contribution in [1.29, 1.82) is 0 Å². The molecule has 0 aromatic carbocycles. The summed E-state index contributed by atoms with van der Waals surface area (Å²) in [4.78, 5) is 6.14. The maximum Gasteiger partial charge on any atom is 0.246 e. The van der Waals surface area contributed by atoms with Crippen LogP contribution in [0.1, 0.15) is 13.8 Å². The molecule has 0 saturated heterocycles. The fourth-order valence-electron chi connectivity index (χ4n) is 2.26. The van der Waals surface area contributed by atoms with Crippen LogP contribution in [0.5, 0.6) is 0 Å². The molecule has 20 heavy (non-hydrogen) atoms. The Kier molecular flexibility index (Phi) is 5.91. The number of aromatic nitrogens is 1. The monoisotopic (exact) mass is 300 g/mol. The number of sulfonamides is 1. The van der Waals surface area contributed by atoms with E-state index in [1.165, 1.54) is 10.5 Å². The molecule has 0 spiro atoms. The summed E-state index contributed by atoms with van der Waals surface area (Å²) in [6.07, 6.45) is 2.97. The van der Waals surface area contributed by atoms with Crippen LogP contribution in [0, 0.1) is 0 Å². The van der Waals surface area contributed by atoms with Gasteiger partial charge in [0.2, 0.25) is 10.0 Å². The van der Waals surface area contributed by atoms with Gasteiger partial charge in [0.15, 0.2) is 0 Å². The van der Waals surface area contributed by atoms with Gasteiger partial charge in [-0.2, -0.15) is 4.31 Å². The predicted octanol–water partition coefficient (Wildman–Crippen LogP) is 1.08. The predicted molar refractivity (Wildman–Crippen MR) is 81.4 cm³/mol. The van der Waals surface area contributed by atoms with Crippen LogP contribution in [0.4, 0.5) is 5.69 Å². The van der Waals surface area contributed by atoms with E-state index in [0.717, 1.165) is 0 Å². The second kappa shape index (κ2) is 7.01. The second-order valence-corrected chi connectivity index (χ2v) is 6.80. The van der Waals surface area contributed by atoms with Crippen molar-refractivity contribution in [3.63, 3.8) is 0 Å². The highest BCUT2D eigenvalue weighted by atomic mass is 32.2. The first kappa shape index (κ1) is 16.9. The standard InChI is InChI=1S/C13H24N4O2S/c1-6-17(11(2)10-16(4)5)20(18,19)13-9-15-8-7-12(13)14-3/h7-9,11H,6,10H2,1-5H3,(H,14,15). The molecular formula is C13H24N4O2S. The molecule has 0 fully saturated rings. The SMILES string of the molecule is CCN(C(C)CN(C)C)S(=O)(=O)c1cnccc1NC. The number of likely N-dealkylation sites (N-methyl/N-ethyl adjacent to an activating group) is 2. The molecule has 6 nitrogen and oxygen atoms in total. The molecular weight excluding hydrogens is 276 g/mol. The van der Waals surface area contributed by atoms with Crippen LogP contribution in [0.15, 0.2) is 23.4 Å². The van der Waals surface area contributed by atoms with Gasteiger partial charge in [0, 0.05) is 38.6 Å². The van der Waals surface area contributed by atoms with Gasteiger partial charge in [-0.05, 0) is 27.1 Å². The highest BCUT2D eigenvalue weighted by Gasteiger charge is 2.30. The Bertz CT molecular complexity index is 531. The zero-order valence-corrected chi connectivity index (χ0v) is 13.6. The molecule has 1 N–H and O–H groups in total. The Morgan fingerprint density at radius 2 is 2.05 bits per heavy atom. The van der Waals surface area contributed by atoms with E-state index in [4.69, 9.17) is 0 Å². The lowest BCUT2D eigenvalue weighted by atomic mass is 10.3. The Labute approximate surface area is 121 Å². The molecule has 0 saturated carbocycles. The third kappa shape index (κ3) is 3.68. The maximum atomic E-state index is 12.8. The maximum absolute atomic E-state index is 12.8. The first-order valence-corrected chi connectivity index (χ1v) is 8.06. The summed E-state index contributed by atoms with van der Waals surface area (Å²) in [5.74, 6) is 0. The lowest BCUT2D eigenvalue weighted by molar-refractivity contribution is 0.271. The topological polar surface area (TPSA) is 65.5 Å². The molecule has 1 aromatic rings. The molecule has 0 aliphatic heterocycles. The molecule has 0 bridgehead atoms. The minimum atomic E-state index is -3.56. The summed E-state index contributed by atoms with van der Waals surface area (Å²) in [6.45, 7) is 4.85. The van der Waals surface area contributed by atoms with E-state index >= 15 is 0 Å². The van der Waals surface area contributed by atoms with Crippen LogP contribution in [-0.2, 0) is 10.0 Å². The average molecular weight is 300 g/mol. The summed E-state index contributed by atoms with van der Waals surface area (Å²) in [5, 5.41) is 2.90. The van der Waals surface area contributed by atoms with Crippen molar-refractivity contribution in [2.24, 2.45) is 0 Å². The van der Waals surface area contributed by atoms with E-state index in [1.807, 2.05) is 32.8 Å². The number of nitrogens with zero attached hydrogens (tertiary/aromatic N) is 3. The molecule has 1 aromatic heterocycles. The van der Waals surface area contributed by atoms with Gasteiger partial charge < -0.3 is 10.2 Å². The van der Waals surface area contributed by atoms with Crippen molar-refractivity contribution >= 4 is 15.7 Å². The third-order valence-electron chi connectivity index (χ3n) is 3.07. The third-order valence-corrected chi connectivity index (χ3v) is 5.19. The minimum Gasteiger partial charge on any atom is -0.387 e. The quantitative estimate of drug-likeness (QED) is 0.816. The Morgan fingerprint density at radius 1 is 1.40 bits per heavy atom. The molecule has 0 radical (unpaired) electrons. The first-order chi connectivity index (χ1) is 9.34. The molecule has 1 heterocycles. The van der Waals surface area contributed by atoms with E-state index in [1.54, 1.807) is 19.3 Å². The van der Waals surface area contributed by atoms with Crippen LogP contribution in [-0.4, -0.2) is 62.9 Å². The molecule has 0 aliphatic rings. The van der Waals surface area contributed by atoms with Gasteiger partial charge in [-0.3, -0.25) is 4.98 Å². The van der Waals surface area contributed by atoms with Crippen LogP contribution in [0.3, 0.4) is 0 Å². The lowest BCUT2D eigenvalue weighted by Crippen LogP contribution is -2.43. The highest BCUT2D eigenvalue weighted by molar-refractivity contribution is 7.89. The van der Waals surface area contributed by atoms with Crippen LogP contribution in [0.2, 0.25) is 0 Å². The Balaban J connectivity index is 3.18. The number of pyridine rings is 1. The van der Waals surface area contributed by atoms with Gasteiger partial charge in [-0.1, -0.05) is 6.92 Å². The van der Waals surface area contributed by atoms with Gasteiger partial charge >= 0.3 is 0 Å². The molecule has 0 aliphatic carbocycles. The fourth-order valence-corrected chi connectivity index (χ4v) is 4.03. The molecule has 114 valence electrons. The number of hydrogen-bond acceptors (Lipinski definition) is 5. The molecule has 1 unspecified atom stereocenters. The summed E-state index contributed by atoms with van der Waals surface area (Å²) in [6, 6.07) is 1.56. The average Bonchev–Trinajstić information content (AvgIpc) is 2.38. The zero-order valence-electron chi connectivity index (χ0n) is 12.8. The van der Waals surface area contributed by atoms with Crippen LogP contribution < -0.4 is 5.32 Å². The Hall–Kier alpha value is -1.18. The lowest BCUT2D eigenvalue weighted by Gasteiger charge is -2.29. The normalized spacial score (nSPS) is 13.8. The van der Waals surface area contributed by atoms with Gasteiger partial charge in [0.25, 0.3) is 0 Å². The summed E-state index contributed by atoms with van der Waals surface area (Å²) < 4.78 is 27.1.